The maximum absolute atomic E-state index is 2.80. The van der Waals surface area contributed by atoms with Crippen LogP contribution in [0.5, 0.6) is 0 Å². The van der Waals surface area contributed by atoms with Gasteiger partial charge in [0.1, 0.15) is 0 Å². The molecule has 0 spiro atoms. The van der Waals surface area contributed by atoms with E-state index in [0.717, 1.165) is 35.5 Å². The fourth-order valence-corrected chi connectivity index (χ4v) is 10.8. The second kappa shape index (κ2) is 6.26. The normalized spacial score (nSPS) is 58.1. The average molecular weight is 385 g/mol. The SMILES string of the molecule is C[C@@H]1CCC[C@]2(C)[C@H]3CC[C@@H]4[C@H]5CC(C)(C)CC[C@@H]5CC[C@@]4(C)[C@]3(C)CC[C@@H]12. The Morgan fingerprint density at radius 2 is 1.36 bits per heavy atom. The van der Waals surface area contributed by atoms with E-state index in [0.29, 0.717) is 21.7 Å². The molecule has 0 aromatic carbocycles. The van der Waals surface area contributed by atoms with E-state index in [1.165, 1.54) is 51.4 Å². The molecule has 0 nitrogen and oxygen atoms in total. The molecule has 0 N–H and O–H groups in total. The zero-order chi connectivity index (χ0) is 19.9. The topological polar surface area (TPSA) is 0 Å². The summed E-state index contributed by atoms with van der Waals surface area (Å²) in [6.07, 6.45) is 18.3. The summed E-state index contributed by atoms with van der Waals surface area (Å²) in [4.78, 5) is 0. The Morgan fingerprint density at radius 3 is 2.14 bits per heavy atom. The van der Waals surface area contributed by atoms with Gasteiger partial charge in [-0.15, -0.1) is 0 Å². The van der Waals surface area contributed by atoms with Crippen molar-refractivity contribution in [3.8, 4) is 0 Å². The monoisotopic (exact) mass is 384 g/mol. The van der Waals surface area contributed by atoms with Crippen LogP contribution >= 0.6 is 0 Å². The molecular formula is C28H48. The van der Waals surface area contributed by atoms with Crippen molar-refractivity contribution < 1.29 is 0 Å². The third kappa shape index (κ3) is 2.54. The molecule has 0 aromatic rings. The predicted molar refractivity (Wildman–Crippen MR) is 120 cm³/mol. The molecule has 0 heteroatoms. The first kappa shape index (κ1) is 19.9. The second-order valence-electron chi connectivity index (χ2n) is 14.0. The summed E-state index contributed by atoms with van der Waals surface area (Å²) >= 11 is 0. The van der Waals surface area contributed by atoms with E-state index in [-0.39, 0.29) is 0 Å². The van der Waals surface area contributed by atoms with Crippen LogP contribution in [0.1, 0.15) is 119 Å². The Labute approximate surface area is 176 Å². The molecule has 0 saturated heterocycles. The molecule has 0 amide bonds. The van der Waals surface area contributed by atoms with E-state index in [2.05, 4.69) is 41.5 Å². The number of rotatable bonds is 0. The molecule has 0 aromatic heterocycles. The number of hydrogen-bond donors (Lipinski definition) is 0. The van der Waals surface area contributed by atoms with Gasteiger partial charge in [0.05, 0.1) is 0 Å². The first-order valence-corrected chi connectivity index (χ1v) is 13.1. The van der Waals surface area contributed by atoms with E-state index in [1.807, 2.05) is 0 Å². The lowest BCUT2D eigenvalue weighted by atomic mass is 9.33. The minimum atomic E-state index is 0.597. The van der Waals surface area contributed by atoms with Crippen molar-refractivity contribution in [3.05, 3.63) is 0 Å². The molecule has 0 radical (unpaired) electrons. The third-order valence-corrected chi connectivity index (χ3v) is 12.5. The second-order valence-corrected chi connectivity index (χ2v) is 14.0. The Balaban J connectivity index is 1.50. The lowest BCUT2D eigenvalue weighted by Crippen LogP contribution is -2.64. The van der Waals surface area contributed by atoms with Crippen molar-refractivity contribution in [2.45, 2.75) is 119 Å². The van der Waals surface area contributed by atoms with Crippen LogP contribution in [0.3, 0.4) is 0 Å². The van der Waals surface area contributed by atoms with Gasteiger partial charge < -0.3 is 0 Å². The van der Waals surface area contributed by atoms with Gasteiger partial charge in [-0.25, -0.2) is 0 Å². The van der Waals surface area contributed by atoms with Gasteiger partial charge in [-0.2, -0.15) is 0 Å². The maximum Gasteiger partial charge on any atom is -0.0235 e. The minimum Gasteiger partial charge on any atom is -0.0622 e. The summed E-state index contributed by atoms with van der Waals surface area (Å²) in [5, 5.41) is 0. The highest BCUT2D eigenvalue weighted by atomic mass is 14.7. The van der Waals surface area contributed by atoms with Gasteiger partial charge in [-0.1, -0.05) is 54.4 Å². The molecule has 5 aliphatic rings. The van der Waals surface area contributed by atoms with Crippen LogP contribution in [-0.4, -0.2) is 0 Å². The molecule has 0 unspecified atom stereocenters. The fourth-order valence-electron chi connectivity index (χ4n) is 10.8. The van der Waals surface area contributed by atoms with Crippen LogP contribution in [-0.2, 0) is 0 Å². The Bertz CT molecular complexity index is 618. The van der Waals surface area contributed by atoms with Gasteiger partial charge in [-0.05, 0) is 121 Å². The summed E-state index contributed by atoms with van der Waals surface area (Å²) < 4.78 is 0. The van der Waals surface area contributed by atoms with Gasteiger partial charge in [0.15, 0.2) is 0 Å². The van der Waals surface area contributed by atoms with Gasteiger partial charge in [0.25, 0.3) is 0 Å². The Hall–Kier alpha value is 0. The highest BCUT2D eigenvalue weighted by molar-refractivity contribution is 5.15. The van der Waals surface area contributed by atoms with E-state index < -0.39 is 0 Å². The molecule has 28 heavy (non-hydrogen) atoms. The van der Waals surface area contributed by atoms with E-state index in [4.69, 9.17) is 0 Å². The lowest BCUT2D eigenvalue weighted by molar-refractivity contribution is -0.224. The summed E-state index contributed by atoms with van der Waals surface area (Å²) in [7, 11) is 0. The van der Waals surface area contributed by atoms with Gasteiger partial charge in [0.2, 0.25) is 0 Å². The standard InChI is InChI=1S/C28H48/c1-19-8-7-14-26(4)22(19)13-17-28(6)24(26)10-9-23-21-18-25(2,3)15-11-20(21)12-16-27(23,28)5/h19-24H,7-18H2,1-6H3/t19-,20-,21+,22+,23-,24-,26+,27-,28-/m1/s1. The van der Waals surface area contributed by atoms with E-state index in [9.17, 15) is 0 Å². The Morgan fingerprint density at radius 1 is 0.643 bits per heavy atom. The molecule has 5 aliphatic carbocycles. The van der Waals surface area contributed by atoms with Crippen LogP contribution in [0.2, 0.25) is 0 Å². The summed E-state index contributed by atoms with van der Waals surface area (Å²) in [5.74, 6) is 6.11. The highest BCUT2D eigenvalue weighted by Gasteiger charge is 2.66. The molecule has 0 heterocycles. The van der Waals surface area contributed by atoms with E-state index >= 15 is 0 Å². The van der Waals surface area contributed by atoms with Gasteiger partial charge in [0, 0.05) is 0 Å². The quantitative estimate of drug-likeness (QED) is 0.392. The summed E-state index contributed by atoms with van der Waals surface area (Å²) in [5.41, 5.74) is 2.45. The van der Waals surface area contributed by atoms with Crippen LogP contribution in [0.25, 0.3) is 0 Å². The van der Waals surface area contributed by atoms with Gasteiger partial charge >= 0.3 is 0 Å². The third-order valence-electron chi connectivity index (χ3n) is 12.5. The molecule has 0 aliphatic heterocycles. The van der Waals surface area contributed by atoms with E-state index in [1.54, 1.807) is 25.7 Å². The maximum atomic E-state index is 2.80. The first-order valence-electron chi connectivity index (χ1n) is 13.1. The summed E-state index contributed by atoms with van der Waals surface area (Å²) in [6, 6.07) is 0. The van der Waals surface area contributed by atoms with Crippen LogP contribution in [0.15, 0.2) is 0 Å². The molecule has 5 fully saturated rings. The zero-order valence-electron chi connectivity index (χ0n) is 19.9. The largest absolute Gasteiger partial charge is 0.0622 e. The predicted octanol–water partition coefficient (Wildman–Crippen LogP) is 8.50. The smallest absolute Gasteiger partial charge is 0.0235 e. The van der Waals surface area contributed by atoms with Crippen molar-refractivity contribution in [2.75, 3.05) is 0 Å². The summed E-state index contributed by atoms with van der Waals surface area (Å²) in [6.45, 7) is 16.1. The lowest BCUT2D eigenvalue weighted by Gasteiger charge is -2.71. The molecule has 9 atom stereocenters. The molecule has 5 rings (SSSR count). The zero-order valence-corrected chi connectivity index (χ0v) is 19.9. The van der Waals surface area contributed by atoms with Crippen molar-refractivity contribution in [1.29, 1.82) is 0 Å². The van der Waals surface area contributed by atoms with Crippen molar-refractivity contribution in [2.24, 2.45) is 57.2 Å². The molecule has 0 bridgehead atoms. The average Bonchev–Trinajstić information content (AvgIpc) is 2.61. The molecule has 5 saturated carbocycles. The van der Waals surface area contributed by atoms with Crippen LogP contribution < -0.4 is 0 Å². The van der Waals surface area contributed by atoms with Crippen molar-refractivity contribution in [3.63, 3.8) is 0 Å². The highest BCUT2D eigenvalue weighted by Crippen LogP contribution is 2.74. The van der Waals surface area contributed by atoms with Crippen molar-refractivity contribution >= 4 is 0 Å². The van der Waals surface area contributed by atoms with Gasteiger partial charge in [-0.3, -0.25) is 0 Å². The fraction of sp³-hybridized carbons (Fsp3) is 1.00. The minimum absolute atomic E-state index is 0.597. The molecular weight excluding hydrogens is 336 g/mol. The van der Waals surface area contributed by atoms with Crippen LogP contribution in [0.4, 0.5) is 0 Å². The van der Waals surface area contributed by atoms with Crippen LogP contribution in [0, 0.1) is 57.2 Å². The number of fused-ring (bicyclic) bond motifs is 7. The molecule has 160 valence electrons. The Kier molecular flexibility index (Phi) is 4.46. The first-order chi connectivity index (χ1) is 13.1. The number of hydrogen-bond acceptors (Lipinski definition) is 0. The van der Waals surface area contributed by atoms with Crippen molar-refractivity contribution in [1.82, 2.24) is 0 Å².